The van der Waals surface area contributed by atoms with Crippen LogP contribution in [0.2, 0.25) is 0 Å². The van der Waals surface area contributed by atoms with E-state index in [0.717, 1.165) is 36.5 Å². The van der Waals surface area contributed by atoms with Gasteiger partial charge in [0.2, 0.25) is 0 Å². The zero-order chi connectivity index (χ0) is 12.3. The fraction of sp³-hybridized carbons (Fsp3) is 0.583. The van der Waals surface area contributed by atoms with Crippen LogP contribution in [0.4, 0.5) is 5.82 Å². The largest absolute Gasteiger partial charge is 0.374 e. The highest BCUT2D eigenvalue weighted by Crippen LogP contribution is 2.26. The highest BCUT2D eigenvalue weighted by atomic mass is 79.9. The molecule has 1 N–H and O–H groups in total. The molecule has 1 aromatic heterocycles. The van der Waals surface area contributed by atoms with Gasteiger partial charge in [-0.25, -0.2) is 4.98 Å². The topological polar surface area (TPSA) is 37.4 Å². The molecule has 2 rings (SSSR count). The lowest BCUT2D eigenvalue weighted by Crippen LogP contribution is -2.44. The summed E-state index contributed by atoms with van der Waals surface area (Å²) in [7, 11) is 2.05. The van der Waals surface area contributed by atoms with Crippen molar-refractivity contribution in [3.8, 4) is 0 Å². The Kier molecular flexibility index (Phi) is 4.36. The predicted octanol–water partition coefficient (Wildman–Crippen LogP) is 1.58. The molecular formula is C12H18BrN3O. The third-order valence-electron chi connectivity index (χ3n) is 2.91. The minimum Gasteiger partial charge on any atom is -0.374 e. The smallest absolute Gasteiger partial charge is 0.142 e. The molecule has 1 saturated heterocycles. The van der Waals surface area contributed by atoms with Crippen molar-refractivity contribution in [2.75, 3.05) is 38.2 Å². The summed E-state index contributed by atoms with van der Waals surface area (Å²) in [5.41, 5.74) is 1.20. The van der Waals surface area contributed by atoms with Crippen LogP contribution in [0.1, 0.15) is 5.56 Å². The van der Waals surface area contributed by atoms with Crippen molar-refractivity contribution < 1.29 is 4.74 Å². The molecule has 1 unspecified atom stereocenters. The summed E-state index contributed by atoms with van der Waals surface area (Å²) in [5.74, 6) is 0.971. The maximum atomic E-state index is 5.69. The van der Waals surface area contributed by atoms with Crippen LogP contribution >= 0.6 is 15.9 Å². The van der Waals surface area contributed by atoms with Crippen LogP contribution in [0.3, 0.4) is 0 Å². The second-order valence-electron chi connectivity index (χ2n) is 4.34. The molecule has 1 aromatic rings. The number of aromatic nitrogens is 1. The minimum atomic E-state index is 0.239. The summed E-state index contributed by atoms with van der Waals surface area (Å²) in [6.45, 7) is 5.57. The molecule has 5 heteroatoms. The Balaban J connectivity index is 2.03. The SMILES string of the molecule is Cc1ccnc(N(C)CC2CNCCO2)c1Br. The van der Waals surface area contributed by atoms with Crippen molar-refractivity contribution in [3.63, 3.8) is 0 Å². The number of ether oxygens (including phenoxy) is 1. The Morgan fingerprint density at radius 1 is 1.65 bits per heavy atom. The number of nitrogens with one attached hydrogen (secondary N) is 1. The van der Waals surface area contributed by atoms with Crippen molar-refractivity contribution in [1.82, 2.24) is 10.3 Å². The van der Waals surface area contributed by atoms with E-state index in [9.17, 15) is 0 Å². The molecular weight excluding hydrogens is 282 g/mol. The number of pyridine rings is 1. The van der Waals surface area contributed by atoms with Crippen molar-refractivity contribution in [3.05, 3.63) is 22.3 Å². The summed E-state index contributed by atoms with van der Waals surface area (Å²) in [6, 6.07) is 2.00. The molecule has 0 aliphatic carbocycles. The van der Waals surface area contributed by atoms with Crippen LogP contribution in [-0.4, -0.2) is 44.4 Å². The lowest BCUT2D eigenvalue weighted by molar-refractivity contribution is 0.0339. The van der Waals surface area contributed by atoms with Gasteiger partial charge in [-0.3, -0.25) is 0 Å². The predicted molar refractivity (Wildman–Crippen MR) is 72.6 cm³/mol. The number of anilines is 1. The van der Waals surface area contributed by atoms with Crippen LogP contribution in [0.25, 0.3) is 0 Å². The van der Waals surface area contributed by atoms with E-state index >= 15 is 0 Å². The quantitative estimate of drug-likeness (QED) is 0.919. The Morgan fingerprint density at radius 3 is 3.18 bits per heavy atom. The van der Waals surface area contributed by atoms with Crippen LogP contribution in [-0.2, 0) is 4.74 Å². The Bertz CT molecular complexity index is 380. The summed E-state index contributed by atoms with van der Waals surface area (Å²) in [6.07, 6.45) is 2.08. The zero-order valence-electron chi connectivity index (χ0n) is 10.2. The molecule has 2 heterocycles. The van der Waals surface area contributed by atoms with Crippen molar-refractivity contribution in [2.24, 2.45) is 0 Å². The molecule has 1 aliphatic heterocycles. The fourth-order valence-corrected chi connectivity index (χ4v) is 2.46. The van der Waals surface area contributed by atoms with Gasteiger partial charge in [0.05, 0.1) is 17.2 Å². The molecule has 0 saturated carbocycles. The minimum absolute atomic E-state index is 0.239. The standard InChI is InChI=1S/C12H18BrN3O/c1-9-3-4-15-12(11(9)13)16(2)8-10-7-14-5-6-17-10/h3-4,10,14H,5-8H2,1-2H3. The number of likely N-dealkylation sites (N-methyl/N-ethyl adjacent to an activating group) is 1. The first-order valence-electron chi connectivity index (χ1n) is 5.83. The summed E-state index contributed by atoms with van der Waals surface area (Å²) in [5, 5.41) is 3.33. The molecule has 1 aliphatic rings. The summed E-state index contributed by atoms with van der Waals surface area (Å²) in [4.78, 5) is 6.54. The van der Waals surface area contributed by atoms with E-state index in [0.29, 0.717) is 0 Å². The van der Waals surface area contributed by atoms with E-state index in [1.165, 1.54) is 5.56 Å². The van der Waals surface area contributed by atoms with Crippen LogP contribution < -0.4 is 10.2 Å². The van der Waals surface area contributed by atoms with Gasteiger partial charge < -0.3 is 15.0 Å². The van der Waals surface area contributed by atoms with Gasteiger partial charge in [-0.1, -0.05) is 0 Å². The number of rotatable bonds is 3. The highest BCUT2D eigenvalue weighted by Gasteiger charge is 2.17. The molecule has 1 fully saturated rings. The normalized spacial score (nSPS) is 20.3. The number of hydrogen-bond donors (Lipinski definition) is 1. The molecule has 0 radical (unpaired) electrons. The number of nitrogens with zero attached hydrogens (tertiary/aromatic N) is 2. The molecule has 0 amide bonds. The van der Waals surface area contributed by atoms with Gasteiger partial charge in [0.1, 0.15) is 5.82 Å². The molecule has 0 aromatic carbocycles. The lowest BCUT2D eigenvalue weighted by atomic mass is 10.2. The first-order valence-corrected chi connectivity index (χ1v) is 6.62. The number of halogens is 1. The van der Waals surface area contributed by atoms with E-state index in [1.54, 1.807) is 0 Å². The Labute approximate surface area is 110 Å². The van der Waals surface area contributed by atoms with E-state index in [1.807, 2.05) is 19.3 Å². The van der Waals surface area contributed by atoms with E-state index < -0.39 is 0 Å². The van der Waals surface area contributed by atoms with Crippen LogP contribution in [0.5, 0.6) is 0 Å². The maximum absolute atomic E-state index is 5.69. The molecule has 0 spiro atoms. The van der Waals surface area contributed by atoms with Crippen molar-refractivity contribution >= 4 is 21.7 Å². The third-order valence-corrected chi connectivity index (χ3v) is 3.89. The number of aryl methyl sites for hydroxylation is 1. The second-order valence-corrected chi connectivity index (χ2v) is 5.14. The number of morpholine rings is 1. The Morgan fingerprint density at radius 2 is 2.47 bits per heavy atom. The summed E-state index contributed by atoms with van der Waals surface area (Å²) < 4.78 is 6.75. The highest BCUT2D eigenvalue weighted by molar-refractivity contribution is 9.10. The monoisotopic (exact) mass is 299 g/mol. The second kappa shape index (κ2) is 5.80. The first kappa shape index (κ1) is 12.8. The van der Waals surface area contributed by atoms with E-state index in [2.05, 4.69) is 38.1 Å². The first-order chi connectivity index (χ1) is 8.18. The molecule has 0 bridgehead atoms. The fourth-order valence-electron chi connectivity index (χ4n) is 1.92. The molecule has 17 heavy (non-hydrogen) atoms. The van der Waals surface area contributed by atoms with Gasteiger partial charge in [-0.15, -0.1) is 0 Å². The van der Waals surface area contributed by atoms with Crippen LogP contribution in [0.15, 0.2) is 16.7 Å². The number of hydrogen-bond acceptors (Lipinski definition) is 4. The van der Waals surface area contributed by atoms with Gasteiger partial charge in [0.25, 0.3) is 0 Å². The Hall–Kier alpha value is -0.650. The lowest BCUT2D eigenvalue weighted by Gasteiger charge is -2.29. The van der Waals surface area contributed by atoms with Crippen molar-refractivity contribution in [1.29, 1.82) is 0 Å². The van der Waals surface area contributed by atoms with E-state index in [4.69, 9.17) is 4.74 Å². The molecule has 1 atom stereocenters. The average Bonchev–Trinajstić information content (AvgIpc) is 2.34. The zero-order valence-corrected chi connectivity index (χ0v) is 11.8. The van der Waals surface area contributed by atoms with Gasteiger partial charge in [0.15, 0.2) is 0 Å². The van der Waals surface area contributed by atoms with Gasteiger partial charge in [-0.2, -0.15) is 0 Å². The molecule has 94 valence electrons. The summed E-state index contributed by atoms with van der Waals surface area (Å²) >= 11 is 3.58. The van der Waals surface area contributed by atoms with Crippen LogP contribution in [0, 0.1) is 6.92 Å². The van der Waals surface area contributed by atoms with E-state index in [-0.39, 0.29) is 6.10 Å². The third kappa shape index (κ3) is 3.18. The van der Waals surface area contributed by atoms with Gasteiger partial charge >= 0.3 is 0 Å². The average molecular weight is 300 g/mol. The van der Waals surface area contributed by atoms with Gasteiger partial charge in [-0.05, 0) is 34.5 Å². The molecule has 4 nitrogen and oxygen atoms in total. The maximum Gasteiger partial charge on any atom is 0.142 e. The van der Waals surface area contributed by atoms with Gasteiger partial charge in [0, 0.05) is 32.9 Å². The van der Waals surface area contributed by atoms with Crippen molar-refractivity contribution in [2.45, 2.75) is 13.0 Å².